The van der Waals surface area contributed by atoms with Gasteiger partial charge in [0.25, 0.3) is 5.69 Å². The summed E-state index contributed by atoms with van der Waals surface area (Å²) in [4.78, 5) is 26.4. The third-order valence-corrected chi connectivity index (χ3v) is 9.95. The summed E-state index contributed by atoms with van der Waals surface area (Å²) in [7, 11) is -7.23. The van der Waals surface area contributed by atoms with Crippen molar-refractivity contribution in [2.45, 2.75) is 28.9 Å². The molecule has 0 radical (unpaired) electrons. The number of hydrogen-bond donors (Lipinski definition) is 1. The molecule has 0 atom stereocenters. The summed E-state index contributed by atoms with van der Waals surface area (Å²) in [5, 5.41) is 13.4. The molecule has 1 saturated heterocycles. The van der Waals surface area contributed by atoms with Gasteiger partial charge in [0.1, 0.15) is 4.21 Å². The Morgan fingerprint density at radius 1 is 1.23 bits per heavy atom. The predicted octanol–water partition coefficient (Wildman–Crippen LogP) is 1.88. The topological polar surface area (TPSA) is 157 Å². The number of nitro benzene ring substituents is 1. The van der Waals surface area contributed by atoms with Crippen molar-refractivity contribution in [3.63, 3.8) is 0 Å². The number of piperidine rings is 1. The number of sulfone groups is 1. The summed E-state index contributed by atoms with van der Waals surface area (Å²) >= 11 is 0.775. The van der Waals surface area contributed by atoms with Crippen molar-refractivity contribution in [2.24, 2.45) is 5.92 Å². The number of rotatable bonds is 7. The van der Waals surface area contributed by atoms with Crippen LogP contribution < -0.4 is 5.32 Å². The summed E-state index contributed by atoms with van der Waals surface area (Å²) in [5.74, 6) is -0.737. The van der Waals surface area contributed by atoms with Gasteiger partial charge in [-0.1, -0.05) is 11.3 Å². The first-order valence-corrected chi connectivity index (χ1v) is 13.2. The highest BCUT2D eigenvalue weighted by molar-refractivity contribution is 7.93. The Labute approximate surface area is 183 Å². The predicted molar refractivity (Wildman–Crippen MR) is 113 cm³/mol. The summed E-state index contributed by atoms with van der Waals surface area (Å²) in [6.07, 6.45) is 1.85. The second kappa shape index (κ2) is 8.98. The first-order valence-electron chi connectivity index (χ1n) is 9.28. The molecule has 0 unspecified atom stereocenters. The largest absolute Gasteiger partial charge is 0.302 e. The van der Waals surface area contributed by atoms with E-state index in [0.29, 0.717) is 12.8 Å². The SMILES string of the molecule is CCS(=O)(=O)N1CCC(C(=O)Nc2ncc(S(=O)(=O)c3ccc([N+](=O)[O-])cc3)s2)CC1. The highest BCUT2D eigenvalue weighted by Crippen LogP contribution is 2.30. The number of non-ortho nitro benzene ring substituents is 1. The zero-order valence-electron chi connectivity index (χ0n) is 16.4. The van der Waals surface area contributed by atoms with Crippen LogP contribution in [0.4, 0.5) is 10.8 Å². The molecule has 1 aliphatic rings. The number of benzene rings is 1. The maximum Gasteiger partial charge on any atom is 0.269 e. The Kier molecular flexibility index (Phi) is 6.73. The molecule has 1 aromatic heterocycles. The first-order chi connectivity index (χ1) is 14.5. The van der Waals surface area contributed by atoms with E-state index in [2.05, 4.69) is 10.3 Å². The Balaban J connectivity index is 1.66. The molecule has 14 heteroatoms. The van der Waals surface area contributed by atoms with Crippen molar-refractivity contribution in [3.05, 3.63) is 40.6 Å². The van der Waals surface area contributed by atoms with Crippen LogP contribution in [0, 0.1) is 16.0 Å². The fourth-order valence-electron chi connectivity index (χ4n) is 3.09. The number of hydrogen-bond acceptors (Lipinski definition) is 9. The van der Waals surface area contributed by atoms with E-state index < -0.39 is 30.7 Å². The number of carbonyl (C=O) groups is 1. The number of nitrogens with zero attached hydrogens (tertiary/aromatic N) is 3. The lowest BCUT2D eigenvalue weighted by Gasteiger charge is -2.30. The van der Waals surface area contributed by atoms with Crippen molar-refractivity contribution in [1.82, 2.24) is 9.29 Å². The first kappa shape index (κ1) is 23.2. The van der Waals surface area contributed by atoms with Gasteiger partial charge in [0.05, 0.1) is 21.8 Å². The van der Waals surface area contributed by atoms with E-state index in [9.17, 15) is 31.7 Å². The van der Waals surface area contributed by atoms with Crippen molar-refractivity contribution in [3.8, 4) is 0 Å². The molecule has 2 heterocycles. The molecule has 1 aromatic carbocycles. The van der Waals surface area contributed by atoms with Gasteiger partial charge in [-0.15, -0.1) is 0 Å². The average Bonchev–Trinajstić information content (AvgIpc) is 3.23. The summed E-state index contributed by atoms with van der Waals surface area (Å²) in [5.41, 5.74) is -0.228. The van der Waals surface area contributed by atoms with Gasteiger partial charge in [0.15, 0.2) is 5.13 Å². The fraction of sp³-hybridized carbons (Fsp3) is 0.412. The molecule has 168 valence electrons. The Morgan fingerprint density at radius 2 is 1.84 bits per heavy atom. The highest BCUT2D eigenvalue weighted by Gasteiger charge is 2.31. The van der Waals surface area contributed by atoms with Gasteiger partial charge in [-0.05, 0) is 31.9 Å². The van der Waals surface area contributed by atoms with Crippen LogP contribution >= 0.6 is 11.3 Å². The van der Waals surface area contributed by atoms with Crippen LogP contribution in [0.2, 0.25) is 0 Å². The molecule has 1 fully saturated rings. The standard InChI is InChI=1S/C17H20N4O7S3/c1-2-30(25,26)20-9-7-12(8-10-20)16(22)19-17-18-11-15(29-17)31(27,28)14-5-3-13(4-6-14)21(23)24/h3-6,11-12H,2,7-10H2,1H3,(H,18,19,22). The lowest BCUT2D eigenvalue weighted by Crippen LogP contribution is -2.42. The van der Waals surface area contributed by atoms with Crippen LogP contribution in [0.25, 0.3) is 0 Å². The van der Waals surface area contributed by atoms with Gasteiger partial charge in [0, 0.05) is 31.1 Å². The number of nitrogens with one attached hydrogen (secondary N) is 1. The molecule has 3 rings (SSSR count). The average molecular weight is 489 g/mol. The van der Waals surface area contributed by atoms with Gasteiger partial charge in [-0.2, -0.15) is 0 Å². The maximum atomic E-state index is 12.7. The summed E-state index contributed by atoms with van der Waals surface area (Å²) in [6.45, 7) is 2.08. The van der Waals surface area contributed by atoms with Crippen molar-refractivity contribution in [2.75, 3.05) is 24.2 Å². The second-order valence-electron chi connectivity index (χ2n) is 6.80. The zero-order chi connectivity index (χ0) is 22.8. The van der Waals surface area contributed by atoms with Crippen LogP contribution in [0.15, 0.2) is 39.6 Å². The molecule has 1 amide bonds. The molecule has 1 aliphatic heterocycles. The third kappa shape index (κ3) is 5.08. The molecule has 2 aromatic rings. The van der Waals surface area contributed by atoms with E-state index >= 15 is 0 Å². The van der Waals surface area contributed by atoms with E-state index in [1.54, 1.807) is 6.92 Å². The molecule has 0 aliphatic carbocycles. The van der Waals surface area contributed by atoms with Gasteiger partial charge in [-0.3, -0.25) is 14.9 Å². The molecular formula is C17H20N4O7S3. The summed E-state index contributed by atoms with van der Waals surface area (Å²) in [6, 6.07) is 4.48. The molecule has 11 nitrogen and oxygen atoms in total. The van der Waals surface area contributed by atoms with Gasteiger partial charge >= 0.3 is 0 Å². The lowest BCUT2D eigenvalue weighted by atomic mass is 9.97. The normalized spacial score (nSPS) is 16.2. The van der Waals surface area contributed by atoms with Crippen LogP contribution in [-0.4, -0.2) is 55.8 Å². The minimum atomic E-state index is -3.94. The van der Waals surface area contributed by atoms with Gasteiger partial charge in [0.2, 0.25) is 25.8 Å². The van der Waals surface area contributed by atoms with E-state index in [-0.39, 0.29) is 44.7 Å². The number of sulfonamides is 1. The van der Waals surface area contributed by atoms with E-state index in [1.807, 2.05) is 0 Å². The monoisotopic (exact) mass is 488 g/mol. The quantitative estimate of drug-likeness (QED) is 0.457. The van der Waals surface area contributed by atoms with Crippen molar-refractivity contribution in [1.29, 1.82) is 0 Å². The van der Waals surface area contributed by atoms with Gasteiger partial charge in [-0.25, -0.2) is 26.1 Å². The number of aromatic nitrogens is 1. The Morgan fingerprint density at radius 3 is 2.39 bits per heavy atom. The lowest BCUT2D eigenvalue weighted by molar-refractivity contribution is -0.384. The van der Waals surface area contributed by atoms with E-state index in [4.69, 9.17) is 0 Å². The number of carbonyl (C=O) groups excluding carboxylic acids is 1. The molecule has 31 heavy (non-hydrogen) atoms. The highest BCUT2D eigenvalue weighted by atomic mass is 32.2. The van der Waals surface area contributed by atoms with E-state index in [1.165, 1.54) is 4.31 Å². The number of amides is 1. The minimum Gasteiger partial charge on any atom is -0.302 e. The Bertz CT molecular complexity index is 1180. The fourth-order valence-corrected chi connectivity index (χ4v) is 6.66. The Hall–Kier alpha value is -2.42. The zero-order valence-corrected chi connectivity index (χ0v) is 18.9. The van der Waals surface area contributed by atoms with Crippen LogP contribution in [-0.2, 0) is 24.7 Å². The van der Waals surface area contributed by atoms with Crippen molar-refractivity contribution >= 4 is 47.9 Å². The molecule has 0 bridgehead atoms. The minimum absolute atomic E-state index is 0.00892. The number of anilines is 1. The molecular weight excluding hydrogens is 468 g/mol. The van der Waals surface area contributed by atoms with Crippen LogP contribution in [0.1, 0.15) is 19.8 Å². The smallest absolute Gasteiger partial charge is 0.269 e. The molecule has 0 spiro atoms. The number of thiazole rings is 1. The molecule has 0 saturated carbocycles. The van der Waals surface area contributed by atoms with Crippen molar-refractivity contribution < 1.29 is 26.6 Å². The number of nitro groups is 1. The van der Waals surface area contributed by atoms with Crippen LogP contribution in [0.3, 0.4) is 0 Å². The maximum absolute atomic E-state index is 12.7. The van der Waals surface area contributed by atoms with Gasteiger partial charge < -0.3 is 5.32 Å². The third-order valence-electron chi connectivity index (χ3n) is 4.92. The van der Waals surface area contributed by atoms with E-state index in [0.717, 1.165) is 41.8 Å². The second-order valence-corrected chi connectivity index (χ2v) is 12.3. The summed E-state index contributed by atoms with van der Waals surface area (Å²) < 4.78 is 50.5. The molecule has 1 N–H and O–H groups in total. The van der Waals surface area contributed by atoms with Crippen LogP contribution in [0.5, 0.6) is 0 Å².